The summed E-state index contributed by atoms with van der Waals surface area (Å²) in [6.45, 7) is 6.07. The Balaban J connectivity index is 2.69. The van der Waals surface area contributed by atoms with Crippen LogP contribution in [-0.2, 0) is 0 Å². The molecule has 1 atom stereocenters. The summed E-state index contributed by atoms with van der Waals surface area (Å²) in [5, 5.41) is 3.38. The summed E-state index contributed by atoms with van der Waals surface area (Å²) >= 11 is 5.77. The van der Waals surface area contributed by atoms with E-state index in [2.05, 4.69) is 24.1 Å². The number of rotatable bonds is 3. The second-order valence-corrected chi connectivity index (χ2v) is 4.30. The molecule has 0 spiro atoms. The quantitative estimate of drug-likeness (QED) is 0.861. The maximum absolute atomic E-state index is 11.7. The van der Waals surface area contributed by atoms with E-state index in [1.807, 2.05) is 6.92 Å². The molecule has 1 heterocycles. The van der Waals surface area contributed by atoms with E-state index >= 15 is 0 Å². The Morgan fingerprint density at radius 1 is 1.47 bits per heavy atom. The van der Waals surface area contributed by atoms with Gasteiger partial charge in [-0.3, -0.25) is 9.78 Å². The predicted octanol–water partition coefficient (Wildman–Crippen LogP) is 2.51. The largest absolute Gasteiger partial charge is 0.348 e. The molecule has 82 valence electrons. The normalized spacial score (nSPS) is 12.6. The zero-order chi connectivity index (χ0) is 11.4. The van der Waals surface area contributed by atoms with Crippen LogP contribution >= 0.6 is 11.6 Å². The SMILES string of the molecule is CC(C)C(C)NC(=O)c1cc(Cl)ccn1. The van der Waals surface area contributed by atoms with Crippen LogP contribution in [0.25, 0.3) is 0 Å². The predicted molar refractivity (Wildman–Crippen MR) is 61.0 cm³/mol. The van der Waals surface area contributed by atoms with Crippen molar-refractivity contribution in [2.24, 2.45) is 5.92 Å². The molecule has 0 saturated heterocycles. The fraction of sp³-hybridized carbons (Fsp3) is 0.455. The Labute approximate surface area is 94.9 Å². The highest BCUT2D eigenvalue weighted by Gasteiger charge is 2.13. The van der Waals surface area contributed by atoms with Crippen LogP contribution in [0.1, 0.15) is 31.3 Å². The summed E-state index contributed by atoms with van der Waals surface area (Å²) in [7, 11) is 0. The monoisotopic (exact) mass is 226 g/mol. The number of halogens is 1. The van der Waals surface area contributed by atoms with Crippen LogP contribution in [-0.4, -0.2) is 16.9 Å². The Kier molecular flexibility index (Phi) is 4.09. The number of pyridine rings is 1. The van der Waals surface area contributed by atoms with Crippen molar-refractivity contribution >= 4 is 17.5 Å². The van der Waals surface area contributed by atoms with E-state index in [4.69, 9.17) is 11.6 Å². The van der Waals surface area contributed by atoms with E-state index in [9.17, 15) is 4.79 Å². The smallest absolute Gasteiger partial charge is 0.270 e. The molecule has 0 saturated carbocycles. The van der Waals surface area contributed by atoms with Crippen molar-refractivity contribution in [2.75, 3.05) is 0 Å². The summed E-state index contributed by atoms with van der Waals surface area (Å²) in [6, 6.07) is 3.33. The number of carbonyl (C=O) groups is 1. The van der Waals surface area contributed by atoms with Crippen LogP contribution in [0.15, 0.2) is 18.3 Å². The van der Waals surface area contributed by atoms with Crippen LogP contribution < -0.4 is 5.32 Å². The number of hydrogen-bond donors (Lipinski definition) is 1. The molecule has 1 aromatic rings. The van der Waals surface area contributed by atoms with Gasteiger partial charge in [-0.15, -0.1) is 0 Å². The number of hydrogen-bond acceptors (Lipinski definition) is 2. The van der Waals surface area contributed by atoms with Crippen molar-refractivity contribution < 1.29 is 4.79 Å². The lowest BCUT2D eigenvalue weighted by Crippen LogP contribution is -2.36. The molecule has 3 nitrogen and oxygen atoms in total. The van der Waals surface area contributed by atoms with E-state index in [-0.39, 0.29) is 11.9 Å². The van der Waals surface area contributed by atoms with Crippen molar-refractivity contribution in [1.82, 2.24) is 10.3 Å². The van der Waals surface area contributed by atoms with Gasteiger partial charge in [-0.2, -0.15) is 0 Å². The van der Waals surface area contributed by atoms with Crippen LogP contribution in [0, 0.1) is 5.92 Å². The van der Waals surface area contributed by atoms with Gasteiger partial charge in [0.15, 0.2) is 0 Å². The summed E-state index contributed by atoms with van der Waals surface area (Å²) in [5.41, 5.74) is 0.356. The standard InChI is InChI=1S/C11H15ClN2O/c1-7(2)8(3)14-11(15)10-6-9(12)4-5-13-10/h4-8H,1-3H3,(H,14,15). The van der Waals surface area contributed by atoms with Crippen LogP contribution in [0.4, 0.5) is 0 Å². The Bertz CT molecular complexity index is 352. The van der Waals surface area contributed by atoms with Gasteiger partial charge in [0.2, 0.25) is 0 Å². The average molecular weight is 227 g/mol. The second-order valence-electron chi connectivity index (χ2n) is 3.87. The number of aromatic nitrogens is 1. The molecule has 1 amide bonds. The minimum absolute atomic E-state index is 0.123. The van der Waals surface area contributed by atoms with Crippen LogP contribution in [0.2, 0.25) is 5.02 Å². The number of nitrogens with one attached hydrogen (secondary N) is 1. The molecule has 0 aromatic carbocycles. The van der Waals surface area contributed by atoms with Gasteiger partial charge in [-0.1, -0.05) is 25.4 Å². The first-order valence-corrected chi connectivity index (χ1v) is 5.31. The van der Waals surface area contributed by atoms with Crippen molar-refractivity contribution in [3.05, 3.63) is 29.0 Å². The van der Waals surface area contributed by atoms with Gasteiger partial charge in [0.1, 0.15) is 5.69 Å². The van der Waals surface area contributed by atoms with Gasteiger partial charge < -0.3 is 5.32 Å². The first-order valence-electron chi connectivity index (χ1n) is 4.93. The average Bonchev–Trinajstić information content (AvgIpc) is 2.17. The van der Waals surface area contributed by atoms with Crippen LogP contribution in [0.5, 0.6) is 0 Å². The maximum Gasteiger partial charge on any atom is 0.270 e. The number of nitrogens with zero attached hydrogens (tertiary/aromatic N) is 1. The summed E-state index contributed by atoms with van der Waals surface area (Å²) in [5.74, 6) is 0.215. The zero-order valence-electron chi connectivity index (χ0n) is 9.12. The van der Waals surface area contributed by atoms with E-state index in [1.54, 1.807) is 12.1 Å². The van der Waals surface area contributed by atoms with Gasteiger partial charge >= 0.3 is 0 Å². The highest BCUT2D eigenvalue weighted by Crippen LogP contribution is 2.08. The highest BCUT2D eigenvalue weighted by atomic mass is 35.5. The van der Waals surface area contributed by atoms with Crippen molar-refractivity contribution in [2.45, 2.75) is 26.8 Å². The minimum Gasteiger partial charge on any atom is -0.348 e. The van der Waals surface area contributed by atoms with Crippen molar-refractivity contribution in [3.63, 3.8) is 0 Å². The Hall–Kier alpha value is -1.09. The molecular weight excluding hydrogens is 212 g/mol. The van der Waals surface area contributed by atoms with E-state index in [1.165, 1.54) is 6.20 Å². The van der Waals surface area contributed by atoms with E-state index < -0.39 is 0 Å². The lowest BCUT2D eigenvalue weighted by Gasteiger charge is -2.16. The third-order valence-electron chi connectivity index (χ3n) is 2.31. The fourth-order valence-electron chi connectivity index (χ4n) is 0.976. The maximum atomic E-state index is 11.7. The molecule has 15 heavy (non-hydrogen) atoms. The van der Waals surface area contributed by atoms with Crippen molar-refractivity contribution in [3.8, 4) is 0 Å². The molecule has 0 aliphatic heterocycles. The van der Waals surface area contributed by atoms with Gasteiger partial charge in [0.05, 0.1) is 0 Å². The molecule has 0 fully saturated rings. The first kappa shape index (κ1) is 12.0. The second kappa shape index (κ2) is 5.12. The molecule has 0 aliphatic rings. The number of carbonyl (C=O) groups excluding carboxylic acids is 1. The molecule has 4 heteroatoms. The summed E-state index contributed by atoms with van der Waals surface area (Å²) < 4.78 is 0. The van der Waals surface area contributed by atoms with Crippen molar-refractivity contribution in [1.29, 1.82) is 0 Å². The van der Waals surface area contributed by atoms with Gasteiger partial charge in [0, 0.05) is 17.3 Å². The molecule has 1 N–H and O–H groups in total. The first-order chi connectivity index (χ1) is 7.00. The Morgan fingerprint density at radius 2 is 2.13 bits per heavy atom. The molecule has 1 rings (SSSR count). The highest BCUT2D eigenvalue weighted by molar-refractivity contribution is 6.30. The summed E-state index contributed by atoms with van der Waals surface area (Å²) in [6.07, 6.45) is 1.53. The molecule has 0 aliphatic carbocycles. The molecule has 1 aromatic heterocycles. The fourth-order valence-corrected chi connectivity index (χ4v) is 1.14. The van der Waals surface area contributed by atoms with Crippen LogP contribution in [0.3, 0.4) is 0 Å². The van der Waals surface area contributed by atoms with E-state index in [0.717, 1.165) is 0 Å². The number of amides is 1. The van der Waals surface area contributed by atoms with Gasteiger partial charge in [0.25, 0.3) is 5.91 Å². The van der Waals surface area contributed by atoms with Gasteiger partial charge in [-0.05, 0) is 25.0 Å². The third kappa shape index (κ3) is 3.51. The topological polar surface area (TPSA) is 42.0 Å². The lowest BCUT2D eigenvalue weighted by molar-refractivity contribution is 0.0925. The Morgan fingerprint density at radius 3 is 2.67 bits per heavy atom. The van der Waals surface area contributed by atoms with E-state index in [0.29, 0.717) is 16.6 Å². The van der Waals surface area contributed by atoms with Gasteiger partial charge in [-0.25, -0.2) is 0 Å². The molecule has 1 unspecified atom stereocenters. The molecule has 0 radical (unpaired) electrons. The third-order valence-corrected chi connectivity index (χ3v) is 2.55. The lowest BCUT2D eigenvalue weighted by atomic mass is 10.1. The minimum atomic E-state index is -0.182. The molecule has 0 bridgehead atoms. The zero-order valence-corrected chi connectivity index (χ0v) is 9.88. The molecular formula is C11H15ClN2O. The summed E-state index contributed by atoms with van der Waals surface area (Å²) in [4.78, 5) is 15.6.